The van der Waals surface area contributed by atoms with Crippen molar-refractivity contribution in [3.63, 3.8) is 0 Å². The first kappa shape index (κ1) is 14.5. The van der Waals surface area contributed by atoms with Crippen LogP contribution in [0.5, 0.6) is 0 Å². The Hall–Kier alpha value is -1.88. The topological polar surface area (TPSA) is 59.2 Å². The van der Waals surface area contributed by atoms with Crippen LogP contribution in [-0.2, 0) is 6.54 Å². The van der Waals surface area contributed by atoms with Crippen LogP contribution >= 0.6 is 11.3 Å². The summed E-state index contributed by atoms with van der Waals surface area (Å²) in [5.74, 6) is 0.0219. The Morgan fingerprint density at radius 2 is 2.25 bits per heavy atom. The summed E-state index contributed by atoms with van der Waals surface area (Å²) in [5, 5.41) is 0. The van der Waals surface area contributed by atoms with Crippen LogP contribution < -0.4 is 5.73 Å². The number of carbonyl (C=O) groups is 1. The monoisotopic (exact) mass is 289 g/mol. The number of amides is 1. The average Bonchev–Trinajstić information content (AvgIpc) is 2.76. The Morgan fingerprint density at radius 3 is 2.75 bits per heavy atom. The lowest BCUT2D eigenvalue weighted by atomic mass is 10.2. The third-order valence-corrected chi connectivity index (χ3v) is 4.18. The molecule has 2 heterocycles. The fraction of sp³-hybridized carbons (Fsp3) is 0.333. The maximum Gasteiger partial charge on any atom is 0.264 e. The second-order valence-electron chi connectivity index (χ2n) is 5.01. The molecule has 2 aromatic heterocycles. The SMILES string of the molecule is Cc1sc(C(=O)N(Cc2cccnc2)C(C)C)cc1N. The smallest absolute Gasteiger partial charge is 0.264 e. The molecule has 2 rings (SSSR count). The predicted molar refractivity (Wildman–Crippen MR) is 82.7 cm³/mol. The van der Waals surface area contributed by atoms with Gasteiger partial charge in [-0.2, -0.15) is 0 Å². The summed E-state index contributed by atoms with van der Waals surface area (Å²) in [4.78, 5) is 20.2. The number of aryl methyl sites for hydroxylation is 1. The molecule has 4 nitrogen and oxygen atoms in total. The van der Waals surface area contributed by atoms with Crippen LogP contribution in [0.4, 0.5) is 5.69 Å². The molecule has 2 aromatic rings. The number of nitrogen functional groups attached to an aromatic ring is 1. The number of anilines is 1. The third-order valence-electron chi connectivity index (χ3n) is 3.13. The fourth-order valence-electron chi connectivity index (χ4n) is 1.92. The molecule has 106 valence electrons. The van der Waals surface area contributed by atoms with Crippen LogP contribution in [0.25, 0.3) is 0 Å². The largest absolute Gasteiger partial charge is 0.398 e. The van der Waals surface area contributed by atoms with Gasteiger partial charge in [0, 0.05) is 35.5 Å². The van der Waals surface area contributed by atoms with Gasteiger partial charge >= 0.3 is 0 Å². The number of nitrogens with zero attached hydrogens (tertiary/aromatic N) is 2. The molecule has 5 heteroatoms. The highest BCUT2D eigenvalue weighted by molar-refractivity contribution is 7.14. The highest BCUT2D eigenvalue weighted by atomic mass is 32.1. The van der Waals surface area contributed by atoms with E-state index in [1.54, 1.807) is 18.5 Å². The summed E-state index contributed by atoms with van der Waals surface area (Å²) in [6.07, 6.45) is 3.52. The number of thiophene rings is 1. The number of aromatic nitrogens is 1. The molecule has 0 aliphatic carbocycles. The lowest BCUT2D eigenvalue weighted by Gasteiger charge is -2.26. The number of hydrogen-bond donors (Lipinski definition) is 1. The Bertz CT molecular complexity index is 573. The van der Waals surface area contributed by atoms with Crippen LogP contribution in [0.2, 0.25) is 0 Å². The summed E-state index contributed by atoms with van der Waals surface area (Å²) in [5.41, 5.74) is 7.54. The van der Waals surface area contributed by atoms with E-state index in [4.69, 9.17) is 5.73 Å². The van der Waals surface area contributed by atoms with Crippen molar-refractivity contribution in [2.75, 3.05) is 5.73 Å². The molecule has 0 unspecified atom stereocenters. The van der Waals surface area contributed by atoms with Crippen molar-refractivity contribution in [3.05, 3.63) is 45.9 Å². The molecule has 2 N–H and O–H groups in total. The van der Waals surface area contributed by atoms with Crippen LogP contribution in [0.1, 0.15) is 34.0 Å². The average molecular weight is 289 g/mol. The molecular formula is C15H19N3OS. The van der Waals surface area contributed by atoms with E-state index >= 15 is 0 Å². The van der Waals surface area contributed by atoms with Crippen LogP contribution in [-0.4, -0.2) is 21.8 Å². The second-order valence-corrected chi connectivity index (χ2v) is 6.27. The van der Waals surface area contributed by atoms with E-state index in [1.807, 2.05) is 37.8 Å². The van der Waals surface area contributed by atoms with E-state index in [2.05, 4.69) is 4.98 Å². The van der Waals surface area contributed by atoms with Gasteiger partial charge in [0.25, 0.3) is 5.91 Å². The van der Waals surface area contributed by atoms with Gasteiger partial charge in [0.2, 0.25) is 0 Å². The van der Waals surface area contributed by atoms with Crippen LogP contribution in [0, 0.1) is 6.92 Å². The zero-order valence-electron chi connectivity index (χ0n) is 12.0. The molecule has 20 heavy (non-hydrogen) atoms. The first-order valence-electron chi connectivity index (χ1n) is 6.55. The van der Waals surface area contributed by atoms with Gasteiger partial charge in [0.05, 0.1) is 4.88 Å². The summed E-state index contributed by atoms with van der Waals surface area (Å²) < 4.78 is 0. The molecule has 0 fully saturated rings. The zero-order chi connectivity index (χ0) is 14.7. The van der Waals surface area contributed by atoms with Crippen molar-refractivity contribution in [1.29, 1.82) is 0 Å². The van der Waals surface area contributed by atoms with Crippen molar-refractivity contribution in [3.8, 4) is 0 Å². The molecule has 0 aliphatic rings. The third kappa shape index (κ3) is 3.17. The maximum atomic E-state index is 12.6. The summed E-state index contributed by atoms with van der Waals surface area (Å²) in [6.45, 7) is 6.51. The van der Waals surface area contributed by atoms with Crippen LogP contribution in [0.3, 0.4) is 0 Å². The fourth-order valence-corrected chi connectivity index (χ4v) is 2.82. The van der Waals surface area contributed by atoms with Crippen LogP contribution in [0.15, 0.2) is 30.6 Å². The van der Waals surface area contributed by atoms with Gasteiger partial charge < -0.3 is 10.6 Å². The molecule has 0 saturated heterocycles. The number of nitrogens with two attached hydrogens (primary N) is 1. The van der Waals surface area contributed by atoms with Gasteiger partial charge in [0.15, 0.2) is 0 Å². The van der Waals surface area contributed by atoms with Crippen molar-refractivity contribution < 1.29 is 4.79 Å². The van der Waals surface area contributed by atoms with Gasteiger partial charge in [0.1, 0.15) is 0 Å². The summed E-state index contributed by atoms with van der Waals surface area (Å²) in [6, 6.07) is 5.74. The van der Waals surface area contributed by atoms with Gasteiger partial charge in [-0.25, -0.2) is 0 Å². The van der Waals surface area contributed by atoms with E-state index in [0.717, 1.165) is 10.4 Å². The number of pyridine rings is 1. The highest BCUT2D eigenvalue weighted by Gasteiger charge is 2.21. The van der Waals surface area contributed by atoms with E-state index in [9.17, 15) is 4.79 Å². The maximum absolute atomic E-state index is 12.6. The predicted octanol–water partition coefficient (Wildman–Crippen LogP) is 3.08. The highest BCUT2D eigenvalue weighted by Crippen LogP contribution is 2.25. The van der Waals surface area contributed by atoms with E-state index in [-0.39, 0.29) is 11.9 Å². The van der Waals surface area contributed by atoms with E-state index in [1.165, 1.54) is 11.3 Å². The Morgan fingerprint density at radius 1 is 1.50 bits per heavy atom. The molecule has 0 radical (unpaired) electrons. The number of rotatable bonds is 4. The zero-order valence-corrected chi connectivity index (χ0v) is 12.8. The van der Waals surface area contributed by atoms with E-state index in [0.29, 0.717) is 17.1 Å². The molecule has 0 atom stereocenters. The second kappa shape index (κ2) is 6.05. The van der Waals surface area contributed by atoms with Gasteiger partial charge in [-0.3, -0.25) is 9.78 Å². The van der Waals surface area contributed by atoms with Crippen molar-refractivity contribution in [2.24, 2.45) is 0 Å². The first-order valence-corrected chi connectivity index (χ1v) is 7.36. The summed E-state index contributed by atoms with van der Waals surface area (Å²) >= 11 is 1.45. The Kier molecular flexibility index (Phi) is 4.39. The summed E-state index contributed by atoms with van der Waals surface area (Å²) in [7, 11) is 0. The quantitative estimate of drug-likeness (QED) is 0.941. The van der Waals surface area contributed by atoms with Gasteiger partial charge in [-0.05, 0) is 38.5 Å². The molecule has 0 aliphatic heterocycles. The Labute approximate surface area is 123 Å². The molecule has 0 aromatic carbocycles. The molecule has 0 bridgehead atoms. The molecular weight excluding hydrogens is 270 g/mol. The first-order chi connectivity index (χ1) is 9.49. The van der Waals surface area contributed by atoms with Crippen molar-refractivity contribution in [2.45, 2.75) is 33.4 Å². The van der Waals surface area contributed by atoms with Gasteiger partial charge in [-0.15, -0.1) is 11.3 Å². The van der Waals surface area contributed by atoms with Crippen molar-refractivity contribution >= 4 is 22.9 Å². The Balaban J connectivity index is 2.22. The normalized spacial score (nSPS) is 10.8. The standard InChI is InChI=1S/C15H19N3OS/c1-10(2)18(9-12-5-4-6-17-8-12)15(19)14-7-13(16)11(3)20-14/h4-8,10H,9,16H2,1-3H3. The number of carbonyl (C=O) groups excluding carboxylic acids is 1. The minimum absolute atomic E-state index is 0.0219. The van der Waals surface area contributed by atoms with Crippen molar-refractivity contribution in [1.82, 2.24) is 9.88 Å². The molecule has 1 amide bonds. The van der Waals surface area contributed by atoms with Gasteiger partial charge in [-0.1, -0.05) is 6.07 Å². The lowest BCUT2D eigenvalue weighted by molar-refractivity contribution is 0.0695. The molecule has 0 spiro atoms. The number of hydrogen-bond acceptors (Lipinski definition) is 4. The minimum Gasteiger partial charge on any atom is -0.398 e. The lowest BCUT2D eigenvalue weighted by Crippen LogP contribution is -2.36. The van der Waals surface area contributed by atoms with E-state index < -0.39 is 0 Å². The minimum atomic E-state index is 0.0219. The molecule has 0 saturated carbocycles.